The zero-order chi connectivity index (χ0) is 7.68. The van der Waals surface area contributed by atoms with Crippen LogP contribution in [0.15, 0.2) is 23.1 Å². The van der Waals surface area contributed by atoms with Crippen LogP contribution in [0.5, 0.6) is 0 Å². The van der Waals surface area contributed by atoms with Crippen molar-refractivity contribution in [2.75, 3.05) is 5.75 Å². The maximum atomic E-state index is 6.02. The summed E-state index contributed by atoms with van der Waals surface area (Å²) >= 11 is 7.90. The van der Waals surface area contributed by atoms with Crippen molar-refractivity contribution in [3.8, 4) is 0 Å². The molecule has 1 aromatic carbocycles. The molecule has 11 heavy (non-hydrogen) atoms. The van der Waals surface area contributed by atoms with Gasteiger partial charge in [0.15, 0.2) is 0 Å². The molecule has 2 heteroatoms. The van der Waals surface area contributed by atoms with Crippen LogP contribution in [0.2, 0.25) is 5.02 Å². The van der Waals surface area contributed by atoms with Crippen molar-refractivity contribution in [3.63, 3.8) is 0 Å². The highest BCUT2D eigenvalue weighted by Gasteiger charge is 2.11. The van der Waals surface area contributed by atoms with E-state index in [1.54, 1.807) is 0 Å². The SMILES string of the molecule is Clc1cccc2c1SCCC2. The van der Waals surface area contributed by atoms with Gasteiger partial charge in [-0.05, 0) is 30.2 Å². The van der Waals surface area contributed by atoms with E-state index in [1.807, 2.05) is 23.9 Å². The van der Waals surface area contributed by atoms with Gasteiger partial charge in [0.25, 0.3) is 0 Å². The third-order valence-electron chi connectivity index (χ3n) is 1.89. The molecule has 0 saturated heterocycles. The monoisotopic (exact) mass is 184 g/mol. The molecule has 0 saturated carbocycles. The van der Waals surface area contributed by atoms with Gasteiger partial charge in [-0.1, -0.05) is 23.7 Å². The molecule has 0 nitrogen and oxygen atoms in total. The minimum Gasteiger partial charge on any atom is -0.124 e. The summed E-state index contributed by atoms with van der Waals surface area (Å²) in [7, 11) is 0. The van der Waals surface area contributed by atoms with E-state index in [0.29, 0.717) is 0 Å². The summed E-state index contributed by atoms with van der Waals surface area (Å²) in [5, 5.41) is 0.923. The summed E-state index contributed by atoms with van der Waals surface area (Å²) in [6.07, 6.45) is 2.49. The number of benzene rings is 1. The number of hydrogen-bond donors (Lipinski definition) is 0. The Bertz CT molecular complexity index is 270. The Morgan fingerprint density at radius 2 is 2.27 bits per heavy atom. The minimum absolute atomic E-state index is 0.923. The molecule has 1 aromatic rings. The second-order valence-corrected chi connectivity index (χ2v) is 4.19. The lowest BCUT2D eigenvalue weighted by Crippen LogP contribution is -1.97. The van der Waals surface area contributed by atoms with Crippen LogP contribution in [-0.2, 0) is 6.42 Å². The fourth-order valence-corrected chi connectivity index (χ4v) is 2.76. The zero-order valence-electron chi connectivity index (χ0n) is 6.14. The lowest BCUT2D eigenvalue weighted by molar-refractivity contribution is 0.890. The second kappa shape index (κ2) is 3.08. The topological polar surface area (TPSA) is 0 Å². The van der Waals surface area contributed by atoms with Gasteiger partial charge in [0.05, 0.1) is 5.02 Å². The first-order valence-corrected chi connectivity index (χ1v) is 5.14. The van der Waals surface area contributed by atoms with Gasteiger partial charge in [-0.15, -0.1) is 11.8 Å². The van der Waals surface area contributed by atoms with E-state index in [4.69, 9.17) is 11.6 Å². The molecule has 0 aromatic heterocycles. The van der Waals surface area contributed by atoms with Gasteiger partial charge in [-0.25, -0.2) is 0 Å². The predicted molar refractivity (Wildman–Crippen MR) is 50.5 cm³/mol. The molecule has 0 bridgehead atoms. The van der Waals surface area contributed by atoms with Crippen LogP contribution >= 0.6 is 23.4 Å². The average molecular weight is 185 g/mol. The van der Waals surface area contributed by atoms with Crippen molar-refractivity contribution in [1.82, 2.24) is 0 Å². The van der Waals surface area contributed by atoms with E-state index in [1.165, 1.54) is 29.1 Å². The van der Waals surface area contributed by atoms with E-state index in [0.717, 1.165) is 5.02 Å². The Morgan fingerprint density at radius 1 is 1.36 bits per heavy atom. The van der Waals surface area contributed by atoms with Crippen LogP contribution in [0.1, 0.15) is 12.0 Å². The molecule has 0 N–H and O–H groups in total. The Hall–Kier alpha value is -0.140. The van der Waals surface area contributed by atoms with Crippen LogP contribution in [0.4, 0.5) is 0 Å². The normalized spacial score (nSPS) is 16.1. The minimum atomic E-state index is 0.923. The Balaban J connectivity index is 2.49. The summed E-state index contributed by atoms with van der Waals surface area (Å²) in [4.78, 5) is 1.31. The molecular formula is C9H9ClS. The molecule has 0 amide bonds. The number of halogens is 1. The largest absolute Gasteiger partial charge is 0.124 e. The van der Waals surface area contributed by atoms with E-state index >= 15 is 0 Å². The third kappa shape index (κ3) is 1.40. The molecule has 1 aliphatic rings. The maximum absolute atomic E-state index is 6.02. The number of thioether (sulfide) groups is 1. The molecule has 1 aliphatic heterocycles. The van der Waals surface area contributed by atoms with Crippen molar-refractivity contribution in [3.05, 3.63) is 28.8 Å². The Kier molecular flexibility index (Phi) is 2.10. The fourth-order valence-electron chi connectivity index (χ4n) is 1.35. The van der Waals surface area contributed by atoms with E-state index in [-0.39, 0.29) is 0 Å². The highest BCUT2D eigenvalue weighted by Crippen LogP contribution is 2.35. The maximum Gasteiger partial charge on any atom is 0.0544 e. The first kappa shape index (κ1) is 7.51. The number of hydrogen-bond acceptors (Lipinski definition) is 1. The van der Waals surface area contributed by atoms with E-state index in [9.17, 15) is 0 Å². The Morgan fingerprint density at radius 3 is 3.09 bits per heavy atom. The summed E-state index contributed by atoms with van der Waals surface area (Å²) in [6.45, 7) is 0. The van der Waals surface area contributed by atoms with Gasteiger partial charge < -0.3 is 0 Å². The summed E-state index contributed by atoms with van der Waals surface area (Å²) in [5.74, 6) is 1.22. The number of aryl methyl sites for hydroxylation is 1. The molecule has 0 atom stereocenters. The van der Waals surface area contributed by atoms with Crippen LogP contribution in [0.25, 0.3) is 0 Å². The lowest BCUT2D eigenvalue weighted by atomic mass is 10.1. The molecule has 58 valence electrons. The summed E-state index contributed by atoms with van der Waals surface area (Å²) in [6, 6.07) is 6.18. The van der Waals surface area contributed by atoms with Crippen molar-refractivity contribution in [2.24, 2.45) is 0 Å². The molecule has 2 rings (SSSR count). The van der Waals surface area contributed by atoms with Crippen molar-refractivity contribution < 1.29 is 0 Å². The van der Waals surface area contributed by atoms with Gasteiger partial charge in [0.1, 0.15) is 0 Å². The highest BCUT2D eigenvalue weighted by molar-refractivity contribution is 7.99. The summed E-state index contributed by atoms with van der Waals surface area (Å²) in [5.41, 5.74) is 1.42. The predicted octanol–water partition coefficient (Wildman–Crippen LogP) is 3.38. The molecule has 0 fully saturated rings. The summed E-state index contributed by atoms with van der Waals surface area (Å²) < 4.78 is 0. The van der Waals surface area contributed by atoms with Gasteiger partial charge in [-0.3, -0.25) is 0 Å². The van der Waals surface area contributed by atoms with Crippen LogP contribution in [-0.4, -0.2) is 5.75 Å². The molecule has 0 aliphatic carbocycles. The van der Waals surface area contributed by atoms with E-state index < -0.39 is 0 Å². The van der Waals surface area contributed by atoms with E-state index in [2.05, 4.69) is 6.07 Å². The molecule has 0 unspecified atom stereocenters. The quantitative estimate of drug-likeness (QED) is 0.596. The van der Waals surface area contributed by atoms with Gasteiger partial charge in [-0.2, -0.15) is 0 Å². The molecule has 0 radical (unpaired) electrons. The molecule has 0 spiro atoms. The third-order valence-corrected chi connectivity index (χ3v) is 3.58. The molecular weight excluding hydrogens is 176 g/mol. The molecule has 1 heterocycles. The van der Waals surface area contributed by atoms with Crippen molar-refractivity contribution in [1.29, 1.82) is 0 Å². The van der Waals surface area contributed by atoms with Crippen LogP contribution < -0.4 is 0 Å². The highest BCUT2D eigenvalue weighted by atomic mass is 35.5. The first-order valence-electron chi connectivity index (χ1n) is 3.78. The number of fused-ring (bicyclic) bond motifs is 1. The smallest absolute Gasteiger partial charge is 0.0544 e. The van der Waals surface area contributed by atoms with Gasteiger partial charge >= 0.3 is 0 Å². The van der Waals surface area contributed by atoms with Gasteiger partial charge in [0, 0.05) is 4.90 Å². The standard InChI is InChI=1S/C9H9ClS/c10-8-5-1-3-7-4-2-6-11-9(7)8/h1,3,5H,2,4,6H2. The van der Waals surface area contributed by atoms with Crippen molar-refractivity contribution in [2.45, 2.75) is 17.7 Å². The average Bonchev–Trinajstić information content (AvgIpc) is 2.06. The van der Waals surface area contributed by atoms with Gasteiger partial charge in [0.2, 0.25) is 0 Å². The lowest BCUT2D eigenvalue weighted by Gasteiger charge is -2.15. The second-order valence-electron chi connectivity index (χ2n) is 2.68. The van der Waals surface area contributed by atoms with Crippen LogP contribution in [0.3, 0.4) is 0 Å². The van der Waals surface area contributed by atoms with Crippen molar-refractivity contribution >= 4 is 23.4 Å². The fraction of sp³-hybridized carbons (Fsp3) is 0.333. The zero-order valence-corrected chi connectivity index (χ0v) is 7.71. The number of rotatable bonds is 0. The first-order chi connectivity index (χ1) is 5.38. The van der Waals surface area contributed by atoms with Crippen LogP contribution in [0, 0.1) is 0 Å². The Labute approximate surface area is 75.9 Å².